The number of methoxy groups -OCH3 is 1. The molecular weight excluding hydrogens is 493 g/mol. The van der Waals surface area contributed by atoms with E-state index in [9.17, 15) is 26.4 Å². The number of aromatic nitrogens is 1. The van der Waals surface area contributed by atoms with Crippen molar-refractivity contribution in [1.29, 1.82) is 0 Å². The molecule has 36 heavy (non-hydrogen) atoms. The molecule has 0 aliphatic heterocycles. The van der Waals surface area contributed by atoms with Gasteiger partial charge in [-0.15, -0.1) is 0 Å². The number of halogens is 3. The number of pyridine rings is 1. The van der Waals surface area contributed by atoms with E-state index < -0.39 is 50.6 Å². The van der Waals surface area contributed by atoms with Crippen molar-refractivity contribution in [2.75, 3.05) is 7.11 Å². The van der Waals surface area contributed by atoms with Gasteiger partial charge in [0.15, 0.2) is 0 Å². The summed E-state index contributed by atoms with van der Waals surface area (Å²) in [4.78, 5) is 16.2. The summed E-state index contributed by atoms with van der Waals surface area (Å²) in [5.41, 5.74) is 1.58. The van der Waals surface area contributed by atoms with Crippen LogP contribution in [0.1, 0.15) is 56.2 Å². The molecule has 0 bridgehead atoms. The SMILES string of the molecule is COc1ccncc1-c1cc(F)cc(C(C)C)c1CC(=O)NS(=O)(=O)c1cc(C(C)C)c(F)cc1F. The highest BCUT2D eigenvalue weighted by Gasteiger charge is 2.27. The maximum absolute atomic E-state index is 14.6. The van der Waals surface area contributed by atoms with Crippen LogP contribution in [-0.2, 0) is 21.2 Å². The van der Waals surface area contributed by atoms with Crippen LogP contribution < -0.4 is 9.46 Å². The lowest BCUT2D eigenvalue weighted by atomic mass is 9.88. The molecule has 1 heterocycles. The van der Waals surface area contributed by atoms with E-state index >= 15 is 0 Å². The molecule has 0 saturated carbocycles. The minimum Gasteiger partial charge on any atom is -0.496 e. The van der Waals surface area contributed by atoms with Crippen LogP contribution in [0, 0.1) is 17.5 Å². The minimum absolute atomic E-state index is 0.00388. The zero-order chi connectivity index (χ0) is 26.8. The molecule has 1 N–H and O–H groups in total. The molecule has 0 radical (unpaired) electrons. The van der Waals surface area contributed by atoms with Crippen molar-refractivity contribution >= 4 is 15.9 Å². The van der Waals surface area contributed by atoms with Crippen LogP contribution in [-0.4, -0.2) is 26.4 Å². The second kappa shape index (κ2) is 10.7. The number of nitrogens with one attached hydrogen (secondary N) is 1. The molecule has 3 aromatic rings. The number of sulfonamides is 1. The van der Waals surface area contributed by atoms with Crippen molar-refractivity contribution in [1.82, 2.24) is 9.71 Å². The van der Waals surface area contributed by atoms with E-state index in [0.29, 0.717) is 34.1 Å². The lowest BCUT2D eigenvalue weighted by Gasteiger charge is -2.19. The first kappa shape index (κ1) is 27.2. The Kier molecular flexibility index (Phi) is 8.08. The van der Waals surface area contributed by atoms with Gasteiger partial charge in [-0.1, -0.05) is 27.7 Å². The zero-order valence-corrected chi connectivity index (χ0v) is 21.3. The number of nitrogens with zero attached hydrogens (tertiary/aromatic N) is 1. The maximum atomic E-state index is 14.6. The third-order valence-corrected chi connectivity index (χ3v) is 7.10. The Morgan fingerprint density at radius 2 is 1.64 bits per heavy atom. The summed E-state index contributed by atoms with van der Waals surface area (Å²) in [5.74, 6) is -3.97. The van der Waals surface area contributed by atoms with Crippen LogP contribution in [0.5, 0.6) is 5.75 Å². The summed E-state index contributed by atoms with van der Waals surface area (Å²) >= 11 is 0. The number of carbonyl (C=O) groups excluding carboxylic acids is 1. The summed E-state index contributed by atoms with van der Waals surface area (Å²) in [6.07, 6.45) is 2.49. The number of amides is 1. The molecule has 192 valence electrons. The van der Waals surface area contributed by atoms with Crippen molar-refractivity contribution in [2.24, 2.45) is 0 Å². The van der Waals surface area contributed by atoms with Crippen LogP contribution in [0.15, 0.2) is 47.6 Å². The van der Waals surface area contributed by atoms with Gasteiger partial charge < -0.3 is 4.74 Å². The largest absolute Gasteiger partial charge is 0.496 e. The number of hydrogen-bond acceptors (Lipinski definition) is 5. The Bertz CT molecular complexity index is 1410. The monoisotopic (exact) mass is 520 g/mol. The molecule has 10 heteroatoms. The molecule has 0 aliphatic rings. The molecule has 0 unspecified atom stereocenters. The summed E-state index contributed by atoms with van der Waals surface area (Å²) < 4.78 is 76.1. The molecule has 1 amide bonds. The first-order valence-electron chi connectivity index (χ1n) is 11.2. The molecule has 2 aromatic carbocycles. The number of rotatable bonds is 8. The smallest absolute Gasteiger partial charge is 0.266 e. The fourth-order valence-corrected chi connectivity index (χ4v) is 5.05. The van der Waals surface area contributed by atoms with Gasteiger partial charge in [0.1, 0.15) is 28.1 Å². The van der Waals surface area contributed by atoms with Crippen molar-refractivity contribution in [3.8, 4) is 16.9 Å². The fraction of sp³-hybridized carbons (Fsp3) is 0.308. The minimum atomic E-state index is -4.67. The summed E-state index contributed by atoms with van der Waals surface area (Å²) in [6.45, 7) is 6.86. The summed E-state index contributed by atoms with van der Waals surface area (Å²) in [5, 5.41) is 0. The Labute approximate surface area is 208 Å². The molecule has 0 fully saturated rings. The van der Waals surface area contributed by atoms with Crippen LogP contribution in [0.2, 0.25) is 0 Å². The standard InChI is InChI=1S/C26H27F3N2O4S/c1-14(2)17-8-16(27)9-19(21-13-30-7-6-24(21)35-5)20(17)11-26(32)31-36(33,34)25-10-18(15(3)4)22(28)12-23(25)29/h6-10,12-15H,11H2,1-5H3,(H,31,32). The second-order valence-electron chi connectivity index (χ2n) is 8.92. The summed E-state index contributed by atoms with van der Waals surface area (Å²) in [7, 11) is -3.23. The Morgan fingerprint density at radius 3 is 2.25 bits per heavy atom. The highest BCUT2D eigenvalue weighted by molar-refractivity contribution is 7.90. The third-order valence-electron chi connectivity index (χ3n) is 5.71. The van der Waals surface area contributed by atoms with Gasteiger partial charge in [-0.05, 0) is 58.4 Å². The zero-order valence-electron chi connectivity index (χ0n) is 20.5. The molecule has 3 rings (SSSR count). The van der Waals surface area contributed by atoms with Gasteiger partial charge >= 0.3 is 0 Å². The van der Waals surface area contributed by atoms with Crippen molar-refractivity contribution in [3.05, 3.63) is 76.9 Å². The average molecular weight is 521 g/mol. The third kappa shape index (κ3) is 5.70. The quantitative estimate of drug-likeness (QED) is 0.426. The molecule has 0 aliphatic carbocycles. The lowest BCUT2D eigenvalue weighted by Crippen LogP contribution is -2.33. The van der Waals surface area contributed by atoms with Gasteiger partial charge in [0, 0.05) is 24.0 Å². The van der Waals surface area contributed by atoms with Crippen molar-refractivity contribution in [3.63, 3.8) is 0 Å². The van der Waals surface area contributed by atoms with E-state index in [-0.39, 0.29) is 11.5 Å². The van der Waals surface area contributed by atoms with Crippen LogP contribution >= 0.6 is 0 Å². The topological polar surface area (TPSA) is 85.4 Å². The maximum Gasteiger partial charge on any atom is 0.266 e. The lowest BCUT2D eigenvalue weighted by molar-refractivity contribution is -0.118. The predicted octanol–water partition coefficient (Wildman–Crippen LogP) is 5.47. The van der Waals surface area contributed by atoms with E-state index in [1.54, 1.807) is 33.8 Å². The molecule has 6 nitrogen and oxygen atoms in total. The van der Waals surface area contributed by atoms with E-state index in [2.05, 4.69) is 4.98 Å². The number of ether oxygens (including phenoxy) is 1. The van der Waals surface area contributed by atoms with E-state index in [4.69, 9.17) is 4.74 Å². The number of carbonyl (C=O) groups is 1. The highest BCUT2D eigenvalue weighted by atomic mass is 32.2. The molecule has 0 spiro atoms. The van der Waals surface area contributed by atoms with Gasteiger partial charge in [-0.25, -0.2) is 26.3 Å². The second-order valence-corrected chi connectivity index (χ2v) is 10.6. The van der Waals surface area contributed by atoms with Gasteiger partial charge in [-0.2, -0.15) is 0 Å². The molecule has 0 atom stereocenters. The van der Waals surface area contributed by atoms with Gasteiger partial charge in [0.2, 0.25) is 5.91 Å². The van der Waals surface area contributed by atoms with Gasteiger partial charge in [0.05, 0.1) is 13.5 Å². The Balaban J connectivity index is 2.05. The first-order chi connectivity index (χ1) is 16.9. The van der Waals surface area contributed by atoms with Gasteiger partial charge in [-0.3, -0.25) is 9.78 Å². The van der Waals surface area contributed by atoms with Crippen LogP contribution in [0.3, 0.4) is 0 Å². The van der Waals surface area contributed by atoms with Crippen LogP contribution in [0.4, 0.5) is 13.2 Å². The molecule has 0 saturated heterocycles. The van der Waals surface area contributed by atoms with E-state index in [1.165, 1.54) is 31.6 Å². The fourth-order valence-electron chi connectivity index (χ4n) is 3.97. The van der Waals surface area contributed by atoms with Crippen LogP contribution in [0.25, 0.3) is 11.1 Å². The average Bonchev–Trinajstić information content (AvgIpc) is 2.78. The highest BCUT2D eigenvalue weighted by Crippen LogP contribution is 2.36. The Hall–Kier alpha value is -3.40. The number of hydrogen-bond donors (Lipinski definition) is 1. The van der Waals surface area contributed by atoms with Gasteiger partial charge in [0.25, 0.3) is 10.0 Å². The molecular formula is C26H27F3N2O4S. The number of benzene rings is 2. The van der Waals surface area contributed by atoms with Crippen molar-refractivity contribution in [2.45, 2.75) is 50.8 Å². The first-order valence-corrected chi connectivity index (χ1v) is 12.7. The predicted molar refractivity (Wildman–Crippen MR) is 130 cm³/mol. The van der Waals surface area contributed by atoms with E-state index in [0.717, 1.165) is 6.07 Å². The normalized spacial score (nSPS) is 11.7. The summed E-state index contributed by atoms with van der Waals surface area (Å²) in [6, 6.07) is 5.44. The van der Waals surface area contributed by atoms with Crippen molar-refractivity contribution < 1.29 is 31.1 Å². The Morgan fingerprint density at radius 1 is 0.972 bits per heavy atom. The van der Waals surface area contributed by atoms with E-state index in [1.807, 2.05) is 4.72 Å². The molecule has 1 aromatic heterocycles.